The Morgan fingerprint density at radius 3 is 2.93 bits per heavy atom. The van der Waals surface area contributed by atoms with Gasteiger partial charge < -0.3 is 24.3 Å². The predicted octanol–water partition coefficient (Wildman–Crippen LogP) is 1.61. The number of hydrogen-bond acceptors (Lipinski definition) is 7. The van der Waals surface area contributed by atoms with E-state index >= 15 is 0 Å². The summed E-state index contributed by atoms with van der Waals surface area (Å²) < 4.78 is 15.7. The van der Waals surface area contributed by atoms with Crippen LogP contribution in [0.1, 0.15) is 45.2 Å². The molecule has 0 unspecified atom stereocenters. The van der Waals surface area contributed by atoms with Crippen molar-refractivity contribution in [3.8, 4) is 5.75 Å². The van der Waals surface area contributed by atoms with Gasteiger partial charge in [0.2, 0.25) is 5.89 Å². The smallest absolute Gasteiger partial charge is 0.271 e. The maximum atomic E-state index is 12.5. The Labute approximate surface area is 161 Å². The Bertz CT molecular complexity index is 980. The first-order valence-corrected chi connectivity index (χ1v) is 8.97. The number of hydrogen-bond donors (Lipinski definition) is 2. The number of benzene rings is 1. The molecule has 1 atom stereocenters. The van der Waals surface area contributed by atoms with Crippen molar-refractivity contribution < 1.29 is 18.8 Å². The van der Waals surface area contributed by atoms with Crippen LogP contribution in [-0.4, -0.2) is 46.8 Å². The topological polar surface area (TPSA) is 115 Å². The molecule has 0 radical (unpaired) electrons. The van der Waals surface area contributed by atoms with Crippen LogP contribution in [0.4, 0.5) is 0 Å². The summed E-state index contributed by atoms with van der Waals surface area (Å²) in [6.45, 7) is 0.796. The standard InChI is InChI=1S/C19H21N5O4/c1-26-10-16-22-17(28-24-16)8-15-21-13-7-11(9-20-19(25)18(13)23-15)12-5-3-4-6-14(12)27-2/h3-6,11H,7-10H2,1-2H3,(H,20,25)(H,21,23)/t11-/m1/s1. The molecule has 0 aliphatic carbocycles. The van der Waals surface area contributed by atoms with Crippen LogP contribution in [0.3, 0.4) is 0 Å². The van der Waals surface area contributed by atoms with Gasteiger partial charge in [-0.3, -0.25) is 4.79 Å². The zero-order chi connectivity index (χ0) is 19.5. The van der Waals surface area contributed by atoms with Crippen LogP contribution in [0.25, 0.3) is 0 Å². The number of fused-ring (bicyclic) bond motifs is 1. The zero-order valence-corrected chi connectivity index (χ0v) is 15.7. The molecule has 0 saturated carbocycles. The molecule has 4 rings (SSSR count). The molecule has 1 aliphatic heterocycles. The maximum absolute atomic E-state index is 12.5. The van der Waals surface area contributed by atoms with Gasteiger partial charge >= 0.3 is 0 Å². The molecule has 0 fully saturated rings. The normalized spacial score (nSPS) is 16.4. The molecule has 2 aromatic heterocycles. The largest absolute Gasteiger partial charge is 0.496 e. The van der Waals surface area contributed by atoms with Gasteiger partial charge in [0.05, 0.1) is 13.5 Å². The van der Waals surface area contributed by atoms with E-state index in [1.54, 1.807) is 14.2 Å². The minimum absolute atomic E-state index is 0.0753. The summed E-state index contributed by atoms with van der Waals surface area (Å²) in [5, 5.41) is 6.79. The first kappa shape index (κ1) is 18.2. The van der Waals surface area contributed by atoms with Gasteiger partial charge in [0, 0.05) is 25.3 Å². The number of nitrogens with one attached hydrogen (secondary N) is 2. The van der Waals surface area contributed by atoms with Crippen LogP contribution >= 0.6 is 0 Å². The first-order chi connectivity index (χ1) is 13.7. The van der Waals surface area contributed by atoms with Crippen LogP contribution in [0.2, 0.25) is 0 Å². The number of aromatic amines is 1. The van der Waals surface area contributed by atoms with E-state index in [0.717, 1.165) is 17.0 Å². The second kappa shape index (κ2) is 7.81. The number of ether oxygens (including phenoxy) is 2. The molecule has 3 heterocycles. The summed E-state index contributed by atoms with van der Waals surface area (Å²) in [5.41, 5.74) is 2.25. The number of amides is 1. The van der Waals surface area contributed by atoms with Crippen LogP contribution in [0.15, 0.2) is 28.8 Å². The molecule has 28 heavy (non-hydrogen) atoms. The Morgan fingerprint density at radius 2 is 2.11 bits per heavy atom. The highest BCUT2D eigenvalue weighted by atomic mass is 16.5. The van der Waals surface area contributed by atoms with Gasteiger partial charge in [0.15, 0.2) is 5.82 Å². The lowest BCUT2D eigenvalue weighted by Gasteiger charge is -2.17. The van der Waals surface area contributed by atoms with Crippen molar-refractivity contribution in [3.05, 3.63) is 58.8 Å². The van der Waals surface area contributed by atoms with E-state index in [9.17, 15) is 4.79 Å². The number of nitrogens with zero attached hydrogens (tertiary/aromatic N) is 3. The van der Waals surface area contributed by atoms with E-state index < -0.39 is 0 Å². The molecular weight excluding hydrogens is 362 g/mol. The predicted molar refractivity (Wildman–Crippen MR) is 98.2 cm³/mol. The lowest BCUT2D eigenvalue weighted by Crippen LogP contribution is -2.26. The zero-order valence-electron chi connectivity index (χ0n) is 15.7. The summed E-state index contributed by atoms with van der Waals surface area (Å²) in [6, 6.07) is 7.85. The van der Waals surface area contributed by atoms with Crippen molar-refractivity contribution in [3.63, 3.8) is 0 Å². The molecule has 9 heteroatoms. The van der Waals surface area contributed by atoms with Gasteiger partial charge in [-0.2, -0.15) is 4.98 Å². The van der Waals surface area contributed by atoms with E-state index in [-0.39, 0.29) is 18.4 Å². The fraction of sp³-hybridized carbons (Fsp3) is 0.368. The van der Waals surface area contributed by atoms with Crippen molar-refractivity contribution in [1.29, 1.82) is 0 Å². The summed E-state index contributed by atoms with van der Waals surface area (Å²) in [7, 11) is 3.21. The first-order valence-electron chi connectivity index (χ1n) is 8.97. The van der Waals surface area contributed by atoms with E-state index in [2.05, 4.69) is 25.4 Å². The minimum Gasteiger partial charge on any atom is -0.496 e. The summed E-state index contributed by atoms with van der Waals surface area (Å²) >= 11 is 0. The number of methoxy groups -OCH3 is 2. The lowest BCUT2D eigenvalue weighted by atomic mass is 9.93. The Kier molecular flexibility index (Phi) is 5.07. The molecular formula is C19H21N5O4. The lowest BCUT2D eigenvalue weighted by molar-refractivity contribution is 0.0950. The van der Waals surface area contributed by atoms with Crippen LogP contribution in [-0.2, 0) is 24.2 Å². The highest BCUT2D eigenvalue weighted by molar-refractivity contribution is 5.94. The molecule has 1 amide bonds. The van der Waals surface area contributed by atoms with Crippen molar-refractivity contribution in [2.24, 2.45) is 0 Å². The number of H-pyrrole nitrogens is 1. The molecule has 0 spiro atoms. The van der Waals surface area contributed by atoms with E-state index in [1.165, 1.54) is 0 Å². The third-order valence-electron chi connectivity index (χ3n) is 4.68. The third kappa shape index (κ3) is 3.61. The molecule has 1 aromatic carbocycles. The van der Waals surface area contributed by atoms with Crippen molar-refractivity contribution in [1.82, 2.24) is 25.4 Å². The van der Waals surface area contributed by atoms with Crippen molar-refractivity contribution in [2.45, 2.75) is 25.4 Å². The van der Waals surface area contributed by atoms with E-state index in [0.29, 0.717) is 42.6 Å². The number of carbonyl (C=O) groups excluding carboxylic acids is 1. The fourth-order valence-electron chi connectivity index (χ4n) is 3.42. The van der Waals surface area contributed by atoms with Crippen LogP contribution < -0.4 is 10.1 Å². The Hall–Kier alpha value is -3.20. The van der Waals surface area contributed by atoms with Crippen molar-refractivity contribution in [2.75, 3.05) is 20.8 Å². The van der Waals surface area contributed by atoms with E-state index in [4.69, 9.17) is 14.0 Å². The molecule has 3 aromatic rings. The molecule has 0 bridgehead atoms. The summed E-state index contributed by atoms with van der Waals surface area (Å²) in [5.74, 6) is 2.18. The number of imidazole rings is 1. The number of rotatable bonds is 6. The fourth-order valence-corrected chi connectivity index (χ4v) is 3.42. The van der Waals surface area contributed by atoms with Gasteiger partial charge in [-0.1, -0.05) is 23.4 Å². The number of para-hydroxylation sites is 1. The van der Waals surface area contributed by atoms with Crippen LogP contribution in [0, 0.1) is 0 Å². The monoisotopic (exact) mass is 383 g/mol. The van der Waals surface area contributed by atoms with Gasteiger partial charge in [-0.25, -0.2) is 4.98 Å². The van der Waals surface area contributed by atoms with Gasteiger partial charge in [-0.15, -0.1) is 0 Å². The van der Waals surface area contributed by atoms with E-state index in [1.807, 2.05) is 24.3 Å². The maximum Gasteiger partial charge on any atom is 0.271 e. The van der Waals surface area contributed by atoms with Gasteiger partial charge in [0.25, 0.3) is 5.91 Å². The molecule has 0 saturated heterocycles. The highest BCUT2D eigenvalue weighted by Crippen LogP contribution is 2.30. The second-order valence-corrected chi connectivity index (χ2v) is 6.58. The highest BCUT2D eigenvalue weighted by Gasteiger charge is 2.28. The summed E-state index contributed by atoms with van der Waals surface area (Å²) in [6.07, 6.45) is 0.955. The molecule has 146 valence electrons. The second-order valence-electron chi connectivity index (χ2n) is 6.58. The Morgan fingerprint density at radius 1 is 1.25 bits per heavy atom. The van der Waals surface area contributed by atoms with Gasteiger partial charge in [-0.05, 0) is 18.1 Å². The quantitative estimate of drug-likeness (QED) is 0.664. The SMILES string of the molecule is COCc1noc(Cc2nc3c([nH]2)C[C@@H](c2ccccc2OC)CNC3=O)n1. The van der Waals surface area contributed by atoms with Gasteiger partial charge in [0.1, 0.15) is 23.9 Å². The molecule has 2 N–H and O–H groups in total. The molecule has 1 aliphatic rings. The number of aromatic nitrogens is 4. The number of carbonyl (C=O) groups is 1. The third-order valence-corrected chi connectivity index (χ3v) is 4.68. The minimum atomic E-state index is -0.194. The average molecular weight is 383 g/mol. The van der Waals surface area contributed by atoms with Crippen LogP contribution in [0.5, 0.6) is 5.75 Å². The molecule has 9 nitrogen and oxygen atoms in total. The average Bonchev–Trinajstić information content (AvgIpc) is 3.28. The summed E-state index contributed by atoms with van der Waals surface area (Å²) in [4.78, 5) is 24.5. The van der Waals surface area contributed by atoms with Crippen molar-refractivity contribution >= 4 is 5.91 Å². The Balaban J connectivity index is 1.58.